The zero-order valence-electron chi connectivity index (χ0n) is 13.1. The van der Waals surface area contributed by atoms with Gasteiger partial charge in [-0.25, -0.2) is 4.98 Å². The van der Waals surface area contributed by atoms with Crippen molar-refractivity contribution in [3.8, 4) is 0 Å². The number of hydrogen-bond acceptors (Lipinski definition) is 3. The molecule has 0 spiro atoms. The van der Waals surface area contributed by atoms with Crippen LogP contribution in [0.2, 0.25) is 0 Å². The van der Waals surface area contributed by atoms with Crippen molar-refractivity contribution in [2.45, 2.75) is 38.6 Å². The molecule has 1 amide bonds. The number of nitrogens with zero attached hydrogens (tertiary/aromatic N) is 4. The molecule has 0 atom stereocenters. The van der Waals surface area contributed by atoms with E-state index >= 15 is 0 Å². The largest absolute Gasteiger partial charge is 0.339 e. The maximum absolute atomic E-state index is 12.4. The number of carbonyl (C=O) groups is 1. The second-order valence-electron chi connectivity index (χ2n) is 5.94. The van der Waals surface area contributed by atoms with E-state index in [9.17, 15) is 4.79 Å². The molecule has 1 aliphatic carbocycles. The lowest BCUT2D eigenvalue weighted by atomic mass is 10.2. The fourth-order valence-corrected chi connectivity index (χ4v) is 2.97. The second kappa shape index (κ2) is 6.39. The van der Waals surface area contributed by atoms with Crippen molar-refractivity contribution in [1.82, 2.24) is 19.4 Å². The van der Waals surface area contributed by atoms with Gasteiger partial charge in [-0.1, -0.05) is 12.8 Å². The first kappa shape index (κ1) is 15.0. The summed E-state index contributed by atoms with van der Waals surface area (Å²) in [5, 5.41) is 0. The highest BCUT2D eigenvalue weighted by Gasteiger charge is 2.22. The number of aromatic nitrogens is 2. The molecule has 1 aromatic rings. The molecule has 20 heavy (non-hydrogen) atoms. The van der Waals surface area contributed by atoms with E-state index in [-0.39, 0.29) is 5.91 Å². The zero-order chi connectivity index (χ0) is 14.7. The van der Waals surface area contributed by atoms with Crippen molar-refractivity contribution in [2.75, 3.05) is 27.2 Å². The maximum atomic E-state index is 12.4. The molecule has 2 rings (SSSR count). The van der Waals surface area contributed by atoms with Gasteiger partial charge in [-0.3, -0.25) is 4.79 Å². The number of hydrogen-bond donors (Lipinski definition) is 0. The first-order valence-corrected chi connectivity index (χ1v) is 7.44. The first-order valence-electron chi connectivity index (χ1n) is 7.44. The van der Waals surface area contributed by atoms with E-state index in [4.69, 9.17) is 0 Å². The zero-order valence-corrected chi connectivity index (χ0v) is 13.1. The Bertz CT molecular complexity index is 443. The lowest BCUT2D eigenvalue weighted by Gasteiger charge is -2.27. The molecule has 5 nitrogen and oxygen atoms in total. The van der Waals surface area contributed by atoms with Crippen molar-refractivity contribution in [3.63, 3.8) is 0 Å². The molecule has 1 saturated carbocycles. The van der Waals surface area contributed by atoms with Crippen LogP contribution in [-0.4, -0.2) is 58.5 Å². The standard InChI is InChI=1S/C15H26N4O/c1-12-14(19(4)11-16-12)15(20)18(3)10-9-17(2)13-7-5-6-8-13/h11,13H,5-10H2,1-4H3. The SMILES string of the molecule is Cc1ncn(C)c1C(=O)N(C)CCN(C)C1CCCC1. The molecule has 0 N–H and O–H groups in total. The molecule has 1 aliphatic rings. The van der Waals surface area contributed by atoms with Gasteiger partial charge in [0.2, 0.25) is 0 Å². The van der Waals surface area contributed by atoms with Gasteiger partial charge >= 0.3 is 0 Å². The molecule has 0 bridgehead atoms. The third kappa shape index (κ3) is 3.20. The summed E-state index contributed by atoms with van der Waals surface area (Å²) in [5.74, 6) is 0.0577. The highest BCUT2D eigenvalue weighted by molar-refractivity contribution is 5.93. The fourth-order valence-electron chi connectivity index (χ4n) is 2.97. The topological polar surface area (TPSA) is 41.4 Å². The molecular formula is C15H26N4O. The van der Waals surface area contributed by atoms with E-state index in [0.717, 1.165) is 18.8 Å². The Kier molecular flexibility index (Phi) is 4.81. The second-order valence-corrected chi connectivity index (χ2v) is 5.94. The van der Waals surface area contributed by atoms with Gasteiger partial charge < -0.3 is 14.4 Å². The highest BCUT2D eigenvalue weighted by atomic mass is 16.2. The highest BCUT2D eigenvalue weighted by Crippen LogP contribution is 2.22. The molecule has 5 heteroatoms. The molecule has 0 unspecified atom stereocenters. The summed E-state index contributed by atoms with van der Waals surface area (Å²) in [5.41, 5.74) is 1.49. The molecule has 1 heterocycles. The van der Waals surface area contributed by atoms with Crippen molar-refractivity contribution >= 4 is 5.91 Å². The van der Waals surface area contributed by atoms with Crippen LogP contribution in [0.1, 0.15) is 41.9 Å². The summed E-state index contributed by atoms with van der Waals surface area (Å²) in [6.07, 6.45) is 6.99. The number of imidazole rings is 1. The van der Waals surface area contributed by atoms with E-state index in [1.165, 1.54) is 25.7 Å². The van der Waals surface area contributed by atoms with Crippen LogP contribution in [0.3, 0.4) is 0 Å². The smallest absolute Gasteiger partial charge is 0.272 e. The van der Waals surface area contributed by atoms with Crippen LogP contribution in [-0.2, 0) is 7.05 Å². The van der Waals surface area contributed by atoms with E-state index < -0.39 is 0 Å². The third-order valence-electron chi connectivity index (χ3n) is 4.41. The van der Waals surface area contributed by atoms with Crippen LogP contribution >= 0.6 is 0 Å². The summed E-state index contributed by atoms with van der Waals surface area (Å²) in [7, 11) is 5.91. The Balaban J connectivity index is 1.88. The molecule has 112 valence electrons. The van der Waals surface area contributed by atoms with Gasteiger partial charge in [-0.2, -0.15) is 0 Å². The van der Waals surface area contributed by atoms with Crippen LogP contribution in [0, 0.1) is 6.92 Å². The van der Waals surface area contributed by atoms with Crippen molar-refractivity contribution in [1.29, 1.82) is 0 Å². The van der Waals surface area contributed by atoms with Crippen LogP contribution in [0.25, 0.3) is 0 Å². The predicted octanol–water partition coefficient (Wildman–Crippen LogP) is 1.67. The molecule has 0 aromatic carbocycles. The molecule has 0 aliphatic heterocycles. The minimum Gasteiger partial charge on any atom is -0.339 e. The quantitative estimate of drug-likeness (QED) is 0.823. The van der Waals surface area contributed by atoms with E-state index in [0.29, 0.717) is 11.7 Å². The maximum Gasteiger partial charge on any atom is 0.272 e. The van der Waals surface area contributed by atoms with Gasteiger partial charge in [-0.15, -0.1) is 0 Å². The average Bonchev–Trinajstić information content (AvgIpc) is 3.05. The monoisotopic (exact) mass is 278 g/mol. The Labute approximate surface area is 121 Å². The lowest BCUT2D eigenvalue weighted by molar-refractivity contribution is 0.0764. The van der Waals surface area contributed by atoms with Gasteiger partial charge in [0.1, 0.15) is 5.69 Å². The number of amides is 1. The number of aryl methyl sites for hydroxylation is 2. The van der Waals surface area contributed by atoms with Gasteiger partial charge in [0, 0.05) is 33.2 Å². The third-order valence-corrected chi connectivity index (χ3v) is 4.41. The fraction of sp³-hybridized carbons (Fsp3) is 0.733. The first-order chi connectivity index (χ1) is 9.50. The molecular weight excluding hydrogens is 252 g/mol. The van der Waals surface area contributed by atoms with Crippen molar-refractivity contribution in [2.24, 2.45) is 7.05 Å². The van der Waals surface area contributed by atoms with Crippen molar-refractivity contribution in [3.05, 3.63) is 17.7 Å². The van der Waals surface area contributed by atoms with Gasteiger partial charge in [-0.05, 0) is 26.8 Å². The van der Waals surface area contributed by atoms with E-state index in [1.54, 1.807) is 15.8 Å². The van der Waals surface area contributed by atoms with Gasteiger partial charge in [0.05, 0.1) is 12.0 Å². The minimum atomic E-state index is 0.0577. The molecule has 1 fully saturated rings. The molecule has 0 radical (unpaired) electrons. The predicted molar refractivity (Wildman–Crippen MR) is 79.8 cm³/mol. The Morgan fingerprint density at radius 3 is 2.55 bits per heavy atom. The van der Waals surface area contributed by atoms with Gasteiger partial charge in [0.15, 0.2) is 0 Å². The van der Waals surface area contributed by atoms with E-state index in [2.05, 4.69) is 16.9 Å². The molecule has 0 saturated heterocycles. The summed E-state index contributed by atoms with van der Waals surface area (Å²) in [6.45, 7) is 3.58. The Hall–Kier alpha value is -1.36. The van der Waals surface area contributed by atoms with Crippen LogP contribution in [0.15, 0.2) is 6.33 Å². The lowest BCUT2D eigenvalue weighted by Crippen LogP contribution is -2.39. The summed E-state index contributed by atoms with van der Waals surface area (Å²) in [4.78, 5) is 20.8. The van der Waals surface area contributed by atoms with Crippen LogP contribution < -0.4 is 0 Å². The van der Waals surface area contributed by atoms with Crippen LogP contribution in [0.4, 0.5) is 0 Å². The van der Waals surface area contributed by atoms with Crippen LogP contribution in [0.5, 0.6) is 0 Å². The Morgan fingerprint density at radius 2 is 2.00 bits per heavy atom. The summed E-state index contributed by atoms with van der Waals surface area (Å²) >= 11 is 0. The van der Waals surface area contributed by atoms with Gasteiger partial charge in [0.25, 0.3) is 5.91 Å². The normalized spacial score (nSPS) is 16.1. The summed E-state index contributed by atoms with van der Waals surface area (Å²) in [6, 6.07) is 0.706. The average molecular weight is 278 g/mol. The number of carbonyl (C=O) groups excluding carboxylic acids is 1. The van der Waals surface area contributed by atoms with Crippen molar-refractivity contribution < 1.29 is 4.79 Å². The minimum absolute atomic E-state index is 0.0577. The number of likely N-dealkylation sites (N-methyl/N-ethyl adjacent to an activating group) is 2. The van der Waals surface area contributed by atoms with E-state index in [1.807, 2.05) is 21.0 Å². The Morgan fingerprint density at radius 1 is 1.35 bits per heavy atom. The summed E-state index contributed by atoms with van der Waals surface area (Å²) < 4.78 is 1.80. The molecule has 1 aromatic heterocycles. The number of rotatable bonds is 5.